The van der Waals surface area contributed by atoms with Crippen LogP contribution < -0.4 is 15.8 Å². The zero-order chi connectivity index (χ0) is 25.9. The van der Waals surface area contributed by atoms with E-state index in [1.807, 2.05) is 0 Å². The first-order valence-electron chi connectivity index (χ1n) is 10.9. The van der Waals surface area contributed by atoms with Crippen molar-refractivity contribution in [3.05, 3.63) is 51.9 Å². The molecule has 0 bridgehead atoms. The Bertz CT molecular complexity index is 1430. The van der Waals surface area contributed by atoms with Crippen LogP contribution in [-0.4, -0.2) is 63.6 Å². The van der Waals surface area contributed by atoms with Gasteiger partial charge in [0.1, 0.15) is 11.0 Å². The molecule has 0 radical (unpaired) electrons. The Hall–Kier alpha value is -4.18. The molecule has 188 valence electrons. The minimum atomic E-state index is -5.30. The van der Waals surface area contributed by atoms with E-state index in [1.165, 1.54) is 24.4 Å². The summed E-state index contributed by atoms with van der Waals surface area (Å²) in [6, 6.07) is 5.40. The quantitative estimate of drug-likeness (QED) is 0.316. The molecule has 1 aliphatic rings. The van der Waals surface area contributed by atoms with Gasteiger partial charge in [0.25, 0.3) is 5.56 Å². The number of fused-ring (bicyclic) bond motifs is 1. The van der Waals surface area contributed by atoms with Gasteiger partial charge in [-0.3, -0.25) is 9.36 Å². The predicted molar refractivity (Wildman–Crippen MR) is 122 cm³/mol. The number of halogens is 3. The molecule has 3 aromatic rings. The summed E-state index contributed by atoms with van der Waals surface area (Å²) in [6.07, 6.45) is -3.84. The van der Waals surface area contributed by atoms with E-state index in [9.17, 15) is 27.6 Å². The Morgan fingerprint density at radius 2 is 1.97 bits per heavy atom. The predicted octanol–water partition coefficient (Wildman–Crippen LogP) is 1.32. The number of piperazine rings is 1. The molecule has 1 saturated heterocycles. The second-order valence-corrected chi connectivity index (χ2v) is 7.88. The van der Waals surface area contributed by atoms with Gasteiger partial charge in [0.05, 0.1) is 24.8 Å². The van der Waals surface area contributed by atoms with Crippen molar-refractivity contribution in [3.8, 4) is 11.8 Å². The molecule has 36 heavy (non-hydrogen) atoms. The van der Waals surface area contributed by atoms with E-state index in [2.05, 4.69) is 36.9 Å². The number of imidazole rings is 1. The average Bonchev–Trinajstić information content (AvgIpc) is 3.23. The summed E-state index contributed by atoms with van der Waals surface area (Å²) >= 11 is 0. The highest BCUT2D eigenvalue weighted by atomic mass is 19.4. The van der Waals surface area contributed by atoms with Crippen molar-refractivity contribution in [2.45, 2.75) is 26.2 Å². The van der Waals surface area contributed by atoms with Crippen LogP contribution in [-0.2, 0) is 22.6 Å². The largest absolute Gasteiger partial charge is 0.491 e. The lowest BCUT2D eigenvalue weighted by molar-refractivity contribution is -0.193. The topological polar surface area (TPSA) is 111 Å². The molecule has 1 N–H and O–H groups in total. The van der Waals surface area contributed by atoms with Gasteiger partial charge in [-0.1, -0.05) is 18.1 Å². The number of alkyl halides is 3. The molecule has 1 aromatic carbocycles. The maximum atomic E-state index is 13.4. The molecule has 1 aliphatic heterocycles. The third-order valence-electron chi connectivity index (χ3n) is 5.46. The van der Waals surface area contributed by atoms with E-state index >= 15 is 0 Å². The molecule has 0 spiro atoms. The number of hydrogen-bond acceptors (Lipinski definition) is 8. The molecule has 2 aromatic heterocycles. The second kappa shape index (κ2) is 10.2. The fraction of sp³-hybridized carbons (Fsp3) is 0.348. The number of carbonyl (C=O) groups excluding carboxylic acids is 2. The Morgan fingerprint density at radius 3 is 2.67 bits per heavy atom. The minimum Gasteiger partial charge on any atom is -0.383 e. The first-order valence-corrected chi connectivity index (χ1v) is 10.9. The van der Waals surface area contributed by atoms with Gasteiger partial charge in [-0.05, 0) is 24.6 Å². The van der Waals surface area contributed by atoms with E-state index in [1.54, 1.807) is 17.6 Å². The zero-order valence-corrected chi connectivity index (χ0v) is 19.1. The highest BCUT2D eigenvalue weighted by Crippen LogP contribution is 2.21. The van der Waals surface area contributed by atoms with Crippen molar-refractivity contribution in [3.63, 3.8) is 0 Å². The number of ether oxygens (including phenoxy) is 1. The zero-order valence-electron chi connectivity index (χ0n) is 19.1. The second-order valence-electron chi connectivity index (χ2n) is 7.88. The summed E-state index contributed by atoms with van der Waals surface area (Å²) < 4.78 is 44.0. The van der Waals surface area contributed by atoms with Crippen LogP contribution in [0.1, 0.15) is 22.8 Å². The van der Waals surface area contributed by atoms with E-state index in [4.69, 9.17) is 0 Å². The van der Waals surface area contributed by atoms with Crippen molar-refractivity contribution in [1.29, 1.82) is 0 Å². The smallest absolute Gasteiger partial charge is 0.383 e. The molecule has 10 nitrogen and oxygen atoms in total. The molecule has 0 amide bonds. The van der Waals surface area contributed by atoms with Gasteiger partial charge in [-0.25, -0.2) is 19.3 Å². The summed E-state index contributed by atoms with van der Waals surface area (Å²) in [4.78, 5) is 43.0. The molecule has 0 atom stereocenters. The number of esters is 2. The van der Waals surface area contributed by atoms with Crippen LogP contribution in [0.4, 0.5) is 19.1 Å². The van der Waals surface area contributed by atoms with Crippen LogP contribution in [0.2, 0.25) is 0 Å². The van der Waals surface area contributed by atoms with E-state index in [0.29, 0.717) is 35.6 Å². The fourth-order valence-electron chi connectivity index (χ4n) is 3.77. The normalized spacial score (nSPS) is 13.8. The SMILES string of the molecule is CC#CCn1c(N2CCNCC2)nc2cnn(Cc3cccc(C(=O)OC(=O)C(F)(F)F)c3)c(=O)c21. The summed E-state index contributed by atoms with van der Waals surface area (Å²) in [7, 11) is 0. The number of carbonyl (C=O) groups is 2. The number of benzene rings is 1. The summed E-state index contributed by atoms with van der Waals surface area (Å²) in [5, 5.41) is 7.45. The van der Waals surface area contributed by atoms with Gasteiger partial charge < -0.3 is 15.0 Å². The maximum Gasteiger partial charge on any atom is 0.491 e. The Balaban J connectivity index is 1.66. The summed E-state index contributed by atoms with van der Waals surface area (Å²) in [5.41, 5.74) is 0.390. The van der Waals surface area contributed by atoms with Crippen LogP contribution in [0.5, 0.6) is 0 Å². The average molecular weight is 502 g/mol. The van der Waals surface area contributed by atoms with Gasteiger partial charge in [-0.15, -0.1) is 5.92 Å². The van der Waals surface area contributed by atoms with Crippen LogP contribution >= 0.6 is 0 Å². The molecular formula is C23H21F3N6O4. The molecular weight excluding hydrogens is 481 g/mol. The molecule has 4 rings (SSSR count). The van der Waals surface area contributed by atoms with Crippen molar-refractivity contribution in [1.82, 2.24) is 24.6 Å². The van der Waals surface area contributed by atoms with Crippen LogP contribution in [0.25, 0.3) is 11.0 Å². The number of rotatable bonds is 5. The Kier molecular flexibility index (Phi) is 7.07. The Labute approximate surface area is 202 Å². The van der Waals surface area contributed by atoms with Gasteiger partial charge in [0, 0.05) is 26.2 Å². The lowest BCUT2D eigenvalue weighted by atomic mass is 10.1. The standard InChI is InChI=1S/C23H21F3N6O4/c1-2-3-9-31-18-17(29-22(31)30-10-7-27-8-11-30)13-28-32(19(18)33)14-15-5-4-6-16(12-15)20(34)36-21(35)23(24,25)26/h4-6,12-13,27H,7-11,14H2,1H3. The fourth-order valence-corrected chi connectivity index (χ4v) is 3.77. The number of aromatic nitrogens is 4. The van der Waals surface area contributed by atoms with Crippen molar-refractivity contribution < 1.29 is 27.5 Å². The van der Waals surface area contributed by atoms with E-state index in [-0.39, 0.29) is 18.7 Å². The first-order chi connectivity index (χ1) is 17.2. The molecule has 0 saturated carbocycles. The van der Waals surface area contributed by atoms with Crippen LogP contribution in [0.3, 0.4) is 0 Å². The molecule has 13 heteroatoms. The lowest BCUT2D eigenvalue weighted by Gasteiger charge is -2.28. The summed E-state index contributed by atoms with van der Waals surface area (Å²) in [5.74, 6) is 2.35. The molecule has 3 heterocycles. The first kappa shape index (κ1) is 24.9. The highest BCUT2D eigenvalue weighted by Gasteiger charge is 2.42. The Morgan fingerprint density at radius 1 is 1.22 bits per heavy atom. The number of nitrogens with one attached hydrogen (secondary N) is 1. The molecule has 0 unspecified atom stereocenters. The number of hydrogen-bond donors (Lipinski definition) is 1. The van der Waals surface area contributed by atoms with E-state index < -0.39 is 23.7 Å². The van der Waals surface area contributed by atoms with Crippen molar-refractivity contribution >= 4 is 28.9 Å². The minimum absolute atomic E-state index is 0.0866. The van der Waals surface area contributed by atoms with Gasteiger partial charge in [0.2, 0.25) is 5.95 Å². The lowest BCUT2D eigenvalue weighted by Crippen LogP contribution is -2.44. The van der Waals surface area contributed by atoms with Gasteiger partial charge in [0.15, 0.2) is 0 Å². The molecule has 1 fully saturated rings. The third kappa shape index (κ3) is 5.23. The highest BCUT2D eigenvalue weighted by molar-refractivity contribution is 5.98. The van der Waals surface area contributed by atoms with Gasteiger partial charge in [-0.2, -0.15) is 18.3 Å². The maximum absolute atomic E-state index is 13.4. The van der Waals surface area contributed by atoms with Crippen molar-refractivity contribution in [2.75, 3.05) is 31.1 Å². The van der Waals surface area contributed by atoms with Gasteiger partial charge >= 0.3 is 18.1 Å². The third-order valence-corrected chi connectivity index (χ3v) is 5.46. The van der Waals surface area contributed by atoms with Crippen molar-refractivity contribution in [2.24, 2.45) is 0 Å². The number of anilines is 1. The van der Waals surface area contributed by atoms with E-state index in [0.717, 1.165) is 17.8 Å². The number of nitrogens with zero attached hydrogens (tertiary/aromatic N) is 5. The van der Waals surface area contributed by atoms with Crippen LogP contribution in [0.15, 0.2) is 35.3 Å². The monoisotopic (exact) mass is 502 g/mol. The molecule has 0 aliphatic carbocycles. The summed E-state index contributed by atoms with van der Waals surface area (Å²) in [6.45, 7) is 4.84. The van der Waals surface area contributed by atoms with Crippen LogP contribution in [0, 0.1) is 11.8 Å².